The van der Waals surface area contributed by atoms with E-state index in [1.54, 1.807) is 6.92 Å². The van der Waals surface area contributed by atoms with Gasteiger partial charge in [0.1, 0.15) is 0 Å². The Balaban J connectivity index is 1.62. The number of carbonyl (C=O) groups is 3. The summed E-state index contributed by atoms with van der Waals surface area (Å²) in [7, 11) is 0. The van der Waals surface area contributed by atoms with Crippen LogP contribution in [-0.2, 0) is 15.8 Å². The molecule has 154 valence electrons. The number of rotatable bonds is 6. The number of hydrogen-bond acceptors (Lipinski definition) is 4. The first-order valence-corrected chi connectivity index (χ1v) is 9.02. The van der Waals surface area contributed by atoms with E-state index in [4.69, 9.17) is 0 Å². The van der Waals surface area contributed by atoms with Crippen molar-refractivity contribution in [1.82, 2.24) is 20.0 Å². The second-order valence-electron chi connectivity index (χ2n) is 6.65. The number of carbonyl (C=O) groups excluding carboxylic acids is 3. The molecule has 10 heteroatoms. The van der Waals surface area contributed by atoms with Gasteiger partial charge < -0.3 is 5.32 Å². The fourth-order valence-corrected chi connectivity index (χ4v) is 3.11. The summed E-state index contributed by atoms with van der Waals surface area (Å²) in [4.78, 5) is 36.6. The maximum atomic E-state index is 12.9. The minimum atomic E-state index is -4.48. The Kier molecular flexibility index (Phi) is 5.71. The van der Waals surface area contributed by atoms with E-state index >= 15 is 0 Å². The smallest absolute Gasteiger partial charge is 0.352 e. The third-order valence-electron chi connectivity index (χ3n) is 4.67. The van der Waals surface area contributed by atoms with Gasteiger partial charge in [0.25, 0.3) is 5.91 Å². The number of likely N-dealkylation sites (tertiary alicyclic amines) is 1. The zero-order chi connectivity index (χ0) is 21.2. The van der Waals surface area contributed by atoms with Gasteiger partial charge in [-0.25, -0.2) is 4.68 Å². The Labute approximate surface area is 164 Å². The van der Waals surface area contributed by atoms with Crippen molar-refractivity contribution in [3.05, 3.63) is 47.3 Å². The van der Waals surface area contributed by atoms with Crippen LogP contribution in [0.25, 0.3) is 5.69 Å². The highest BCUT2D eigenvalue weighted by atomic mass is 19.4. The van der Waals surface area contributed by atoms with Crippen molar-refractivity contribution in [2.24, 2.45) is 0 Å². The Bertz CT molecular complexity index is 936. The summed E-state index contributed by atoms with van der Waals surface area (Å²) >= 11 is 0. The minimum Gasteiger partial charge on any atom is -0.352 e. The van der Waals surface area contributed by atoms with Gasteiger partial charge in [-0.05, 0) is 31.5 Å². The molecule has 29 heavy (non-hydrogen) atoms. The SMILES string of the molecule is Cc1c(C(=O)NCCCN2C(=O)CCC2=O)cnn1-c1cccc(C(F)(F)F)c1. The largest absolute Gasteiger partial charge is 0.416 e. The van der Waals surface area contributed by atoms with E-state index in [9.17, 15) is 27.6 Å². The molecule has 3 rings (SSSR count). The van der Waals surface area contributed by atoms with Crippen LogP contribution in [0.5, 0.6) is 0 Å². The molecule has 1 fully saturated rings. The highest BCUT2D eigenvalue weighted by molar-refractivity contribution is 6.01. The molecule has 1 N–H and O–H groups in total. The summed E-state index contributed by atoms with van der Waals surface area (Å²) in [6.45, 7) is 2.06. The van der Waals surface area contributed by atoms with Crippen LogP contribution in [0.4, 0.5) is 13.2 Å². The van der Waals surface area contributed by atoms with E-state index in [2.05, 4.69) is 10.4 Å². The first kappa shape index (κ1) is 20.6. The van der Waals surface area contributed by atoms with Gasteiger partial charge in [0.15, 0.2) is 0 Å². The lowest BCUT2D eigenvalue weighted by Gasteiger charge is -2.13. The fraction of sp³-hybridized carbons (Fsp3) is 0.368. The number of nitrogens with one attached hydrogen (secondary N) is 1. The molecule has 2 aromatic rings. The van der Waals surface area contributed by atoms with Crippen molar-refractivity contribution in [2.75, 3.05) is 13.1 Å². The van der Waals surface area contributed by atoms with Gasteiger partial charge in [0, 0.05) is 25.9 Å². The number of halogens is 3. The highest BCUT2D eigenvalue weighted by Gasteiger charge is 2.31. The van der Waals surface area contributed by atoms with E-state index in [0.29, 0.717) is 12.1 Å². The van der Waals surface area contributed by atoms with E-state index in [1.165, 1.54) is 27.9 Å². The average molecular weight is 408 g/mol. The lowest BCUT2D eigenvalue weighted by Crippen LogP contribution is -2.33. The Morgan fingerprint density at radius 1 is 1.21 bits per heavy atom. The minimum absolute atomic E-state index is 0.197. The molecule has 0 radical (unpaired) electrons. The summed E-state index contributed by atoms with van der Waals surface area (Å²) in [5.41, 5.74) is 0.0202. The van der Waals surface area contributed by atoms with Crippen LogP contribution in [0.15, 0.2) is 30.5 Å². The number of benzene rings is 1. The van der Waals surface area contributed by atoms with Crippen LogP contribution in [0.1, 0.15) is 40.9 Å². The van der Waals surface area contributed by atoms with Crippen LogP contribution in [0.2, 0.25) is 0 Å². The number of aromatic nitrogens is 2. The molecule has 1 aliphatic rings. The number of hydrogen-bond donors (Lipinski definition) is 1. The Hall–Kier alpha value is -3.17. The third-order valence-corrected chi connectivity index (χ3v) is 4.67. The van der Waals surface area contributed by atoms with Gasteiger partial charge >= 0.3 is 6.18 Å². The molecule has 0 unspecified atom stereocenters. The summed E-state index contributed by atoms with van der Waals surface area (Å²) in [6.07, 6.45) is -2.34. The van der Waals surface area contributed by atoms with Gasteiger partial charge in [-0.2, -0.15) is 18.3 Å². The average Bonchev–Trinajstić information content (AvgIpc) is 3.21. The molecule has 7 nitrogen and oxygen atoms in total. The molecule has 1 aromatic carbocycles. The normalized spacial score (nSPS) is 14.6. The molecule has 0 spiro atoms. The molecular weight excluding hydrogens is 389 g/mol. The van der Waals surface area contributed by atoms with Crippen molar-refractivity contribution in [3.63, 3.8) is 0 Å². The molecule has 0 saturated carbocycles. The van der Waals surface area contributed by atoms with E-state index < -0.39 is 17.6 Å². The van der Waals surface area contributed by atoms with E-state index in [1.807, 2.05) is 0 Å². The molecule has 2 heterocycles. The van der Waals surface area contributed by atoms with Crippen LogP contribution in [0, 0.1) is 6.92 Å². The highest BCUT2D eigenvalue weighted by Crippen LogP contribution is 2.30. The summed E-state index contributed by atoms with van der Waals surface area (Å²) in [6, 6.07) is 4.68. The first-order valence-electron chi connectivity index (χ1n) is 9.02. The number of amides is 3. The quantitative estimate of drug-likeness (QED) is 0.588. The van der Waals surface area contributed by atoms with Crippen molar-refractivity contribution in [2.45, 2.75) is 32.4 Å². The van der Waals surface area contributed by atoms with Crippen LogP contribution in [-0.4, -0.2) is 45.5 Å². The van der Waals surface area contributed by atoms with Crippen molar-refractivity contribution < 1.29 is 27.6 Å². The molecule has 0 aliphatic carbocycles. The molecule has 1 aliphatic heterocycles. The van der Waals surface area contributed by atoms with Gasteiger partial charge in [-0.1, -0.05) is 6.07 Å². The Morgan fingerprint density at radius 3 is 2.55 bits per heavy atom. The third kappa shape index (κ3) is 4.47. The zero-order valence-corrected chi connectivity index (χ0v) is 15.6. The van der Waals surface area contributed by atoms with Crippen molar-refractivity contribution in [3.8, 4) is 5.69 Å². The van der Waals surface area contributed by atoms with Gasteiger partial charge in [-0.3, -0.25) is 19.3 Å². The molecular formula is C19H19F3N4O3. The van der Waals surface area contributed by atoms with Crippen molar-refractivity contribution >= 4 is 17.7 Å². The topological polar surface area (TPSA) is 84.3 Å². The number of alkyl halides is 3. The zero-order valence-electron chi connectivity index (χ0n) is 15.6. The maximum Gasteiger partial charge on any atom is 0.416 e. The number of nitrogens with zero attached hydrogens (tertiary/aromatic N) is 3. The van der Waals surface area contributed by atoms with Crippen molar-refractivity contribution in [1.29, 1.82) is 0 Å². The van der Waals surface area contributed by atoms with Crippen LogP contribution >= 0.6 is 0 Å². The van der Waals surface area contributed by atoms with Crippen LogP contribution in [0.3, 0.4) is 0 Å². The summed E-state index contributed by atoms with van der Waals surface area (Å²) in [5, 5.41) is 6.70. The second-order valence-corrected chi connectivity index (χ2v) is 6.65. The van der Waals surface area contributed by atoms with Gasteiger partial charge in [0.2, 0.25) is 11.8 Å². The fourth-order valence-electron chi connectivity index (χ4n) is 3.11. The summed E-state index contributed by atoms with van der Waals surface area (Å²) < 4.78 is 40.0. The lowest BCUT2D eigenvalue weighted by molar-refractivity contribution is -0.139. The molecule has 1 saturated heterocycles. The predicted molar refractivity (Wildman–Crippen MR) is 96.2 cm³/mol. The molecule has 1 aromatic heterocycles. The summed E-state index contributed by atoms with van der Waals surface area (Å²) in [5.74, 6) is -0.848. The molecule has 0 atom stereocenters. The molecule has 0 bridgehead atoms. The van der Waals surface area contributed by atoms with Gasteiger partial charge in [0.05, 0.1) is 28.7 Å². The monoisotopic (exact) mass is 408 g/mol. The number of imide groups is 1. The second kappa shape index (κ2) is 8.06. The predicted octanol–water partition coefficient (Wildman–Crippen LogP) is 2.47. The van der Waals surface area contributed by atoms with Crippen LogP contribution < -0.4 is 5.32 Å². The lowest BCUT2D eigenvalue weighted by atomic mass is 10.2. The first-order chi connectivity index (χ1) is 13.7. The molecule has 3 amide bonds. The Morgan fingerprint density at radius 2 is 1.90 bits per heavy atom. The maximum absolute atomic E-state index is 12.9. The standard InChI is InChI=1S/C19H19F3N4O3/c1-12-15(18(29)23-8-3-9-25-16(27)6-7-17(25)28)11-24-26(12)14-5-2-4-13(10-14)19(20,21)22/h2,4-5,10-11H,3,6-9H2,1H3,(H,23,29). The van der Waals surface area contributed by atoms with Gasteiger partial charge in [-0.15, -0.1) is 0 Å². The van der Waals surface area contributed by atoms with E-state index in [0.717, 1.165) is 12.1 Å². The van der Waals surface area contributed by atoms with E-state index in [-0.39, 0.29) is 49.0 Å².